The van der Waals surface area contributed by atoms with Crippen LogP contribution < -0.4 is 5.32 Å². The molecule has 0 atom stereocenters. The number of aryl methyl sites for hydroxylation is 1. The van der Waals surface area contributed by atoms with Crippen LogP contribution >= 0.6 is 0 Å². The smallest absolute Gasteiger partial charge is 0.283 e. The number of rotatable bonds is 4. The zero-order valence-electron chi connectivity index (χ0n) is 14.0. The quantitative estimate of drug-likeness (QED) is 0.586. The number of carbonyl (C=O) groups is 1. The van der Waals surface area contributed by atoms with Crippen molar-refractivity contribution in [1.29, 1.82) is 0 Å². The Kier molecular flexibility index (Phi) is 4.07. The number of carbonyl (C=O) groups excluding carboxylic acids is 1. The minimum Gasteiger partial charge on any atom is -0.459 e. The van der Waals surface area contributed by atoms with Crippen LogP contribution in [0.15, 0.2) is 75.8 Å². The summed E-state index contributed by atoms with van der Waals surface area (Å²) in [6.07, 6.45) is 1.54. The third-order valence-corrected chi connectivity index (χ3v) is 3.91. The van der Waals surface area contributed by atoms with Crippen LogP contribution in [-0.4, -0.2) is 16.1 Å². The third-order valence-electron chi connectivity index (χ3n) is 3.91. The molecular weight excluding hydrogens is 330 g/mol. The molecule has 4 rings (SSSR count). The van der Waals surface area contributed by atoms with Crippen LogP contribution in [0.25, 0.3) is 23.1 Å². The van der Waals surface area contributed by atoms with Gasteiger partial charge in [0.2, 0.25) is 5.89 Å². The standard InChI is InChI=1S/C20H15N3O3/c1-13-6-2-3-9-16(13)18(24)21-15-8-4-7-14(12-15)19-22-23-20(26-19)17-10-5-11-25-17/h2-12H,1H3,(H,21,24). The molecule has 0 aliphatic carbocycles. The maximum absolute atomic E-state index is 12.5. The highest BCUT2D eigenvalue weighted by Gasteiger charge is 2.14. The molecule has 0 unspecified atom stereocenters. The first kappa shape index (κ1) is 15.8. The van der Waals surface area contributed by atoms with Gasteiger partial charge in [-0.15, -0.1) is 10.2 Å². The summed E-state index contributed by atoms with van der Waals surface area (Å²) in [5.41, 5.74) is 2.91. The van der Waals surface area contributed by atoms with Crippen LogP contribution in [0, 0.1) is 6.92 Å². The molecule has 2 aromatic carbocycles. The number of amides is 1. The fraction of sp³-hybridized carbons (Fsp3) is 0.0500. The number of furan rings is 1. The molecule has 0 aliphatic heterocycles. The normalized spacial score (nSPS) is 10.7. The topological polar surface area (TPSA) is 81.2 Å². The molecule has 26 heavy (non-hydrogen) atoms. The minimum atomic E-state index is -0.165. The number of hydrogen-bond acceptors (Lipinski definition) is 5. The molecule has 4 aromatic rings. The van der Waals surface area contributed by atoms with E-state index in [9.17, 15) is 4.79 Å². The molecule has 6 nitrogen and oxygen atoms in total. The Balaban J connectivity index is 1.57. The highest BCUT2D eigenvalue weighted by Crippen LogP contribution is 2.26. The average molecular weight is 345 g/mol. The van der Waals surface area contributed by atoms with Crippen molar-refractivity contribution in [2.75, 3.05) is 5.32 Å². The van der Waals surface area contributed by atoms with E-state index >= 15 is 0 Å². The molecule has 0 radical (unpaired) electrons. The van der Waals surface area contributed by atoms with Crippen molar-refractivity contribution in [2.24, 2.45) is 0 Å². The van der Waals surface area contributed by atoms with Gasteiger partial charge in [-0.3, -0.25) is 4.79 Å². The lowest BCUT2D eigenvalue weighted by Gasteiger charge is -2.08. The molecule has 0 saturated heterocycles. The van der Waals surface area contributed by atoms with E-state index in [4.69, 9.17) is 8.83 Å². The Bertz CT molecular complexity index is 1050. The van der Waals surface area contributed by atoms with Gasteiger partial charge in [0, 0.05) is 16.8 Å². The van der Waals surface area contributed by atoms with E-state index in [1.165, 1.54) is 0 Å². The van der Waals surface area contributed by atoms with Gasteiger partial charge in [-0.25, -0.2) is 0 Å². The maximum Gasteiger partial charge on any atom is 0.283 e. The second-order valence-corrected chi connectivity index (χ2v) is 5.74. The van der Waals surface area contributed by atoms with E-state index < -0.39 is 0 Å². The van der Waals surface area contributed by atoms with E-state index in [-0.39, 0.29) is 5.91 Å². The van der Waals surface area contributed by atoms with Crippen molar-refractivity contribution < 1.29 is 13.6 Å². The Morgan fingerprint density at radius 2 is 1.81 bits per heavy atom. The van der Waals surface area contributed by atoms with Crippen LogP contribution in [0.3, 0.4) is 0 Å². The minimum absolute atomic E-state index is 0.165. The largest absolute Gasteiger partial charge is 0.459 e. The molecule has 1 N–H and O–H groups in total. The lowest BCUT2D eigenvalue weighted by Crippen LogP contribution is -2.13. The van der Waals surface area contributed by atoms with Gasteiger partial charge < -0.3 is 14.2 Å². The molecule has 0 bridgehead atoms. The summed E-state index contributed by atoms with van der Waals surface area (Å²) in [7, 11) is 0. The van der Waals surface area contributed by atoms with Gasteiger partial charge in [0.1, 0.15) is 0 Å². The van der Waals surface area contributed by atoms with Crippen LogP contribution in [0.4, 0.5) is 5.69 Å². The van der Waals surface area contributed by atoms with E-state index in [0.717, 1.165) is 5.56 Å². The average Bonchev–Trinajstić information content (AvgIpc) is 3.34. The van der Waals surface area contributed by atoms with E-state index in [1.54, 1.807) is 30.5 Å². The summed E-state index contributed by atoms with van der Waals surface area (Å²) in [5.74, 6) is 0.998. The molecule has 2 heterocycles. The van der Waals surface area contributed by atoms with Crippen LogP contribution in [0.2, 0.25) is 0 Å². The van der Waals surface area contributed by atoms with E-state index in [0.29, 0.717) is 34.4 Å². The van der Waals surface area contributed by atoms with Crippen molar-refractivity contribution in [3.8, 4) is 23.1 Å². The Morgan fingerprint density at radius 1 is 0.962 bits per heavy atom. The number of hydrogen-bond donors (Lipinski definition) is 1. The van der Waals surface area contributed by atoms with Gasteiger partial charge in [0.15, 0.2) is 5.76 Å². The zero-order chi connectivity index (χ0) is 17.9. The first-order valence-electron chi connectivity index (χ1n) is 8.05. The monoisotopic (exact) mass is 345 g/mol. The Labute approximate surface area is 149 Å². The fourth-order valence-corrected chi connectivity index (χ4v) is 2.60. The first-order chi connectivity index (χ1) is 12.7. The number of nitrogens with one attached hydrogen (secondary N) is 1. The lowest BCUT2D eigenvalue weighted by atomic mass is 10.1. The summed E-state index contributed by atoms with van der Waals surface area (Å²) in [4.78, 5) is 12.5. The highest BCUT2D eigenvalue weighted by atomic mass is 16.4. The first-order valence-corrected chi connectivity index (χ1v) is 8.05. The molecule has 0 fully saturated rings. The van der Waals surface area contributed by atoms with Crippen LogP contribution in [-0.2, 0) is 0 Å². The van der Waals surface area contributed by atoms with Gasteiger partial charge in [-0.1, -0.05) is 24.3 Å². The molecule has 128 valence electrons. The van der Waals surface area contributed by atoms with Crippen molar-refractivity contribution in [2.45, 2.75) is 6.92 Å². The Hall–Kier alpha value is -3.67. The van der Waals surface area contributed by atoms with Crippen molar-refractivity contribution in [1.82, 2.24) is 10.2 Å². The van der Waals surface area contributed by atoms with E-state index in [2.05, 4.69) is 15.5 Å². The number of anilines is 1. The Morgan fingerprint density at radius 3 is 2.62 bits per heavy atom. The van der Waals surface area contributed by atoms with Crippen LogP contribution in [0.5, 0.6) is 0 Å². The van der Waals surface area contributed by atoms with E-state index in [1.807, 2.05) is 43.3 Å². The molecule has 0 saturated carbocycles. The van der Waals surface area contributed by atoms with Crippen molar-refractivity contribution in [3.63, 3.8) is 0 Å². The van der Waals surface area contributed by atoms with Gasteiger partial charge in [-0.05, 0) is 48.9 Å². The molecular formula is C20H15N3O3. The molecule has 6 heteroatoms. The maximum atomic E-state index is 12.5. The molecule has 0 spiro atoms. The van der Waals surface area contributed by atoms with Gasteiger partial charge in [0.25, 0.3) is 11.8 Å². The van der Waals surface area contributed by atoms with Gasteiger partial charge in [0.05, 0.1) is 6.26 Å². The number of aromatic nitrogens is 2. The van der Waals surface area contributed by atoms with Crippen molar-refractivity contribution >= 4 is 11.6 Å². The third kappa shape index (κ3) is 3.12. The van der Waals surface area contributed by atoms with Gasteiger partial charge >= 0.3 is 0 Å². The van der Waals surface area contributed by atoms with Crippen LogP contribution in [0.1, 0.15) is 15.9 Å². The molecule has 2 aromatic heterocycles. The summed E-state index contributed by atoms with van der Waals surface area (Å²) in [6.45, 7) is 1.90. The highest BCUT2D eigenvalue weighted by molar-refractivity contribution is 6.05. The number of benzene rings is 2. The lowest BCUT2D eigenvalue weighted by molar-refractivity contribution is 0.102. The fourth-order valence-electron chi connectivity index (χ4n) is 2.60. The molecule has 0 aliphatic rings. The summed E-state index contributed by atoms with van der Waals surface area (Å²) < 4.78 is 10.9. The summed E-state index contributed by atoms with van der Waals surface area (Å²) >= 11 is 0. The summed E-state index contributed by atoms with van der Waals surface area (Å²) in [5, 5.41) is 10.9. The second-order valence-electron chi connectivity index (χ2n) is 5.74. The zero-order valence-corrected chi connectivity index (χ0v) is 14.0. The second kappa shape index (κ2) is 6.68. The molecule has 1 amide bonds. The SMILES string of the molecule is Cc1ccccc1C(=O)Nc1cccc(-c2nnc(-c3ccco3)o2)c1. The summed E-state index contributed by atoms with van der Waals surface area (Å²) in [6, 6.07) is 18.2. The number of nitrogens with zero attached hydrogens (tertiary/aromatic N) is 2. The predicted molar refractivity (Wildman–Crippen MR) is 96.6 cm³/mol. The van der Waals surface area contributed by atoms with Gasteiger partial charge in [-0.2, -0.15) is 0 Å². The predicted octanol–water partition coefficient (Wildman–Crippen LogP) is 4.56. The van der Waals surface area contributed by atoms with Crippen molar-refractivity contribution in [3.05, 3.63) is 78.1 Å².